The number of aromatic nitrogens is 1. The molecule has 1 heterocycles. The number of ether oxygens (including phenoxy) is 1. The van der Waals surface area contributed by atoms with Crippen molar-refractivity contribution in [2.75, 3.05) is 20.7 Å². The normalized spacial score (nSPS) is 12.7. The van der Waals surface area contributed by atoms with E-state index in [1.807, 2.05) is 13.8 Å². The Morgan fingerprint density at radius 2 is 1.90 bits per heavy atom. The predicted octanol–water partition coefficient (Wildman–Crippen LogP) is 1.23. The molecule has 0 aliphatic heterocycles. The van der Waals surface area contributed by atoms with Crippen LogP contribution in [0.2, 0.25) is 0 Å². The number of hydrogen-bond acceptors (Lipinski definition) is 5. The number of rotatable bonds is 7. The van der Waals surface area contributed by atoms with E-state index in [4.69, 9.17) is 10.5 Å². The summed E-state index contributed by atoms with van der Waals surface area (Å²) in [5.74, 6) is 0.374. The Bertz CT molecular complexity index is 522. The Kier molecular flexibility index (Phi) is 5.50. The summed E-state index contributed by atoms with van der Waals surface area (Å²) in [6.07, 6.45) is 2.90. The molecule has 0 aliphatic carbocycles. The molecule has 2 N–H and O–H groups in total. The van der Waals surface area contributed by atoms with Crippen LogP contribution in [0.3, 0.4) is 0 Å². The minimum atomic E-state index is -3.46. The molecule has 1 rings (SSSR count). The summed E-state index contributed by atoms with van der Waals surface area (Å²) in [5, 5.41) is 0. The molecule has 0 aliphatic rings. The molecule has 0 bridgehead atoms. The van der Waals surface area contributed by atoms with Crippen LogP contribution in [0.5, 0.6) is 5.88 Å². The number of sulfonamides is 1. The summed E-state index contributed by atoms with van der Waals surface area (Å²) in [6, 6.07) is 3.02. The maximum absolute atomic E-state index is 11.9. The van der Waals surface area contributed by atoms with Crippen molar-refractivity contribution in [2.45, 2.75) is 37.1 Å². The topological polar surface area (TPSA) is 85.5 Å². The fourth-order valence-electron chi connectivity index (χ4n) is 1.49. The van der Waals surface area contributed by atoms with Gasteiger partial charge < -0.3 is 10.5 Å². The Morgan fingerprint density at radius 3 is 2.30 bits per heavy atom. The molecule has 6 nitrogen and oxygen atoms in total. The van der Waals surface area contributed by atoms with E-state index in [9.17, 15) is 8.42 Å². The Hall–Kier alpha value is -1.18. The first kappa shape index (κ1) is 16.9. The maximum atomic E-state index is 11.9. The number of pyridine rings is 1. The molecule has 0 spiro atoms. The third-order valence-corrected chi connectivity index (χ3v) is 5.20. The van der Waals surface area contributed by atoms with Gasteiger partial charge in [0.25, 0.3) is 0 Å². The van der Waals surface area contributed by atoms with Crippen molar-refractivity contribution in [1.29, 1.82) is 0 Å². The Labute approximate surface area is 121 Å². The summed E-state index contributed by atoms with van der Waals surface area (Å²) in [7, 11) is -0.501. The third kappa shape index (κ3) is 3.91. The van der Waals surface area contributed by atoms with E-state index < -0.39 is 10.0 Å². The zero-order chi connectivity index (χ0) is 15.4. The van der Waals surface area contributed by atoms with E-state index in [1.54, 1.807) is 6.07 Å². The summed E-state index contributed by atoms with van der Waals surface area (Å²) in [6.45, 7) is 4.37. The highest BCUT2D eigenvalue weighted by Gasteiger charge is 2.22. The zero-order valence-corrected chi connectivity index (χ0v) is 13.3. The predicted molar refractivity (Wildman–Crippen MR) is 78.1 cm³/mol. The third-order valence-electron chi connectivity index (χ3n) is 3.40. The number of nitrogens with two attached hydrogens (primary N) is 1. The van der Waals surface area contributed by atoms with Crippen LogP contribution in [0.15, 0.2) is 23.2 Å². The first-order valence-electron chi connectivity index (χ1n) is 6.55. The molecule has 0 aromatic carbocycles. The Balaban J connectivity index is 2.78. The molecule has 0 unspecified atom stereocenters. The van der Waals surface area contributed by atoms with Gasteiger partial charge in [0.15, 0.2) is 0 Å². The van der Waals surface area contributed by atoms with E-state index in [-0.39, 0.29) is 10.4 Å². The van der Waals surface area contributed by atoms with E-state index >= 15 is 0 Å². The second-order valence-corrected chi connectivity index (χ2v) is 7.13. The molecule has 20 heavy (non-hydrogen) atoms. The van der Waals surface area contributed by atoms with Crippen molar-refractivity contribution in [2.24, 2.45) is 5.73 Å². The largest absolute Gasteiger partial charge is 0.476 e. The molecular weight excluding hydrogens is 278 g/mol. The molecule has 1 aromatic rings. The highest BCUT2D eigenvalue weighted by atomic mass is 32.2. The van der Waals surface area contributed by atoms with Gasteiger partial charge >= 0.3 is 0 Å². The summed E-state index contributed by atoms with van der Waals surface area (Å²) in [5.41, 5.74) is 5.75. The van der Waals surface area contributed by atoms with E-state index in [1.165, 1.54) is 26.4 Å². The van der Waals surface area contributed by atoms with Crippen LogP contribution in [0.25, 0.3) is 0 Å². The summed E-state index contributed by atoms with van der Waals surface area (Å²) < 4.78 is 30.4. The summed E-state index contributed by atoms with van der Waals surface area (Å²) >= 11 is 0. The lowest BCUT2D eigenvalue weighted by Crippen LogP contribution is -2.44. The highest BCUT2D eigenvalue weighted by Crippen LogP contribution is 2.17. The number of hydrogen-bond donors (Lipinski definition) is 1. The van der Waals surface area contributed by atoms with Crippen LogP contribution in [0.4, 0.5) is 0 Å². The standard InChI is InChI=1S/C13H23N3O3S/c1-5-13(14,6-2)10-19-12-8-7-11(9-15-12)20(17,18)16(3)4/h7-9H,5-6,10,14H2,1-4H3. The lowest BCUT2D eigenvalue weighted by Gasteiger charge is -2.26. The lowest BCUT2D eigenvalue weighted by atomic mass is 9.96. The Morgan fingerprint density at radius 1 is 1.30 bits per heavy atom. The average molecular weight is 301 g/mol. The van der Waals surface area contributed by atoms with Crippen molar-refractivity contribution in [1.82, 2.24) is 9.29 Å². The van der Waals surface area contributed by atoms with E-state index in [2.05, 4.69) is 4.98 Å². The van der Waals surface area contributed by atoms with Gasteiger partial charge in [-0.1, -0.05) is 13.8 Å². The molecule has 1 aromatic heterocycles. The van der Waals surface area contributed by atoms with Gasteiger partial charge in [-0.2, -0.15) is 0 Å². The molecule has 0 fully saturated rings. The molecule has 0 amide bonds. The lowest BCUT2D eigenvalue weighted by molar-refractivity contribution is 0.200. The molecule has 7 heteroatoms. The van der Waals surface area contributed by atoms with Crippen LogP contribution in [0.1, 0.15) is 26.7 Å². The van der Waals surface area contributed by atoms with Crippen molar-refractivity contribution in [3.8, 4) is 5.88 Å². The van der Waals surface area contributed by atoms with Crippen LogP contribution in [-0.2, 0) is 10.0 Å². The molecule has 0 radical (unpaired) electrons. The van der Waals surface area contributed by atoms with Crippen LogP contribution in [-0.4, -0.2) is 43.9 Å². The zero-order valence-electron chi connectivity index (χ0n) is 12.5. The van der Waals surface area contributed by atoms with E-state index in [0.717, 1.165) is 17.1 Å². The van der Waals surface area contributed by atoms with Gasteiger partial charge in [-0.25, -0.2) is 17.7 Å². The summed E-state index contributed by atoms with van der Waals surface area (Å²) in [4.78, 5) is 4.15. The van der Waals surface area contributed by atoms with Gasteiger partial charge in [-0.3, -0.25) is 0 Å². The average Bonchev–Trinajstić information content (AvgIpc) is 2.45. The van der Waals surface area contributed by atoms with Gasteiger partial charge in [0.05, 0.1) is 6.20 Å². The molecule has 0 atom stereocenters. The fourth-order valence-corrected chi connectivity index (χ4v) is 2.33. The SMILES string of the molecule is CCC(N)(CC)COc1ccc(S(=O)(=O)N(C)C)cn1. The first-order valence-corrected chi connectivity index (χ1v) is 7.99. The van der Waals surface area contributed by atoms with Crippen LogP contribution < -0.4 is 10.5 Å². The second kappa shape index (κ2) is 6.51. The quantitative estimate of drug-likeness (QED) is 0.818. The van der Waals surface area contributed by atoms with Crippen LogP contribution >= 0.6 is 0 Å². The van der Waals surface area contributed by atoms with Crippen molar-refractivity contribution in [3.63, 3.8) is 0 Å². The highest BCUT2D eigenvalue weighted by molar-refractivity contribution is 7.89. The second-order valence-electron chi connectivity index (χ2n) is 4.98. The van der Waals surface area contributed by atoms with Gasteiger partial charge in [0.1, 0.15) is 11.5 Å². The first-order chi connectivity index (χ1) is 9.25. The molecule has 0 saturated carbocycles. The van der Waals surface area contributed by atoms with Crippen LogP contribution in [0, 0.1) is 0 Å². The van der Waals surface area contributed by atoms with Crippen molar-refractivity contribution < 1.29 is 13.2 Å². The molecule has 114 valence electrons. The smallest absolute Gasteiger partial charge is 0.244 e. The fraction of sp³-hybridized carbons (Fsp3) is 0.615. The van der Waals surface area contributed by atoms with Gasteiger partial charge in [0, 0.05) is 25.7 Å². The maximum Gasteiger partial charge on any atom is 0.244 e. The van der Waals surface area contributed by atoms with Crippen molar-refractivity contribution >= 4 is 10.0 Å². The minimum Gasteiger partial charge on any atom is -0.476 e. The number of nitrogens with zero attached hydrogens (tertiary/aromatic N) is 2. The monoisotopic (exact) mass is 301 g/mol. The molecular formula is C13H23N3O3S. The minimum absolute atomic E-state index is 0.139. The van der Waals surface area contributed by atoms with Gasteiger partial charge in [-0.05, 0) is 18.9 Å². The molecule has 0 saturated heterocycles. The van der Waals surface area contributed by atoms with Crippen molar-refractivity contribution in [3.05, 3.63) is 18.3 Å². The van der Waals surface area contributed by atoms with Gasteiger partial charge in [-0.15, -0.1) is 0 Å². The van der Waals surface area contributed by atoms with Gasteiger partial charge in [0.2, 0.25) is 15.9 Å². The van der Waals surface area contributed by atoms with E-state index in [0.29, 0.717) is 12.5 Å².